The van der Waals surface area contributed by atoms with Crippen molar-refractivity contribution in [2.45, 2.75) is 75.1 Å². The summed E-state index contributed by atoms with van der Waals surface area (Å²) in [5.74, 6) is 0.0393. The summed E-state index contributed by atoms with van der Waals surface area (Å²) in [6.07, 6.45) is 5.32. The molecule has 4 rings (SSSR count). The van der Waals surface area contributed by atoms with Crippen molar-refractivity contribution in [3.63, 3.8) is 0 Å². The first-order valence-electron chi connectivity index (χ1n) is 9.51. The minimum atomic E-state index is -0.507. The third-order valence-corrected chi connectivity index (χ3v) is 5.77. The van der Waals surface area contributed by atoms with Gasteiger partial charge in [0.15, 0.2) is 0 Å². The second-order valence-corrected chi connectivity index (χ2v) is 7.93. The lowest BCUT2D eigenvalue weighted by Gasteiger charge is -2.33. The molecule has 0 radical (unpaired) electrons. The third kappa shape index (κ3) is 5.38. The molecule has 6 nitrogen and oxygen atoms in total. The average molecular weight is 342 g/mol. The van der Waals surface area contributed by atoms with Gasteiger partial charge < -0.3 is 29.2 Å². The maximum absolute atomic E-state index is 11.1. The Morgan fingerprint density at radius 1 is 0.708 bits per heavy atom. The van der Waals surface area contributed by atoms with Crippen LogP contribution in [0.3, 0.4) is 0 Å². The summed E-state index contributed by atoms with van der Waals surface area (Å²) in [4.78, 5) is 0. The number of rotatable bonds is 13. The molecule has 138 valence electrons. The van der Waals surface area contributed by atoms with E-state index in [4.69, 9.17) is 18.9 Å². The van der Waals surface area contributed by atoms with Crippen LogP contribution in [0, 0.1) is 11.8 Å². The largest absolute Gasteiger partial charge is 0.393 e. The molecule has 0 bridgehead atoms. The maximum Gasteiger partial charge on any atom is 0.0814 e. The van der Waals surface area contributed by atoms with Crippen molar-refractivity contribution >= 4 is 0 Å². The fourth-order valence-electron chi connectivity index (χ4n) is 3.79. The molecule has 0 aromatic heterocycles. The zero-order valence-electron chi connectivity index (χ0n) is 14.2. The number of epoxide rings is 4. The van der Waals surface area contributed by atoms with Crippen molar-refractivity contribution in [2.24, 2.45) is 11.8 Å². The highest BCUT2D eigenvalue weighted by Gasteiger charge is 2.41. The van der Waals surface area contributed by atoms with Crippen LogP contribution < -0.4 is 0 Å². The number of aliphatic hydroxyl groups excluding tert-OH is 2. The van der Waals surface area contributed by atoms with Gasteiger partial charge in [0.05, 0.1) is 63.1 Å². The highest BCUT2D eigenvalue weighted by Crippen LogP contribution is 2.36. The molecule has 0 spiro atoms. The van der Waals surface area contributed by atoms with Gasteiger partial charge in [-0.3, -0.25) is 0 Å². The second-order valence-electron chi connectivity index (χ2n) is 7.93. The van der Waals surface area contributed by atoms with Gasteiger partial charge in [0, 0.05) is 5.92 Å². The van der Waals surface area contributed by atoms with Crippen molar-refractivity contribution in [3.8, 4) is 0 Å². The molecule has 4 aliphatic rings. The molecule has 0 amide bonds. The number of hydrogen-bond donors (Lipinski definition) is 2. The summed E-state index contributed by atoms with van der Waals surface area (Å²) in [6, 6.07) is 0. The number of hydrogen-bond acceptors (Lipinski definition) is 6. The number of ether oxygens (including phenoxy) is 4. The smallest absolute Gasteiger partial charge is 0.0814 e. The number of aliphatic hydroxyl groups is 2. The van der Waals surface area contributed by atoms with E-state index in [9.17, 15) is 10.2 Å². The molecule has 4 saturated heterocycles. The van der Waals surface area contributed by atoms with E-state index in [1.54, 1.807) is 0 Å². The SMILES string of the molecule is OC(CCC1CO1)C(CC1CO1)C(O)C(CCC1CO1)CC1CO1. The molecule has 4 aliphatic heterocycles. The Kier molecular flexibility index (Phi) is 5.41. The van der Waals surface area contributed by atoms with Gasteiger partial charge in [0.25, 0.3) is 0 Å². The van der Waals surface area contributed by atoms with E-state index in [0.717, 1.165) is 58.5 Å². The Labute approximate surface area is 143 Å². The van der Waals surface area contributed by atoms with E-state index in [1.807, 2.05) is 0 Å². The van der Waals surface area contributed by atoms with Gasteiger partial charge in [0.1, 0.15) is 0 Å². The summed E-state index contributed by atoms with van der Waals surface area (Å²) in [5.41, 5.74) is 0. The van der Waals surface area contributed by atoms with Gasteiger partial charge in [-0.05, 0) is 44.4 Å². The average Bonchev–Trinajstić information content (AvgIpc) is 3.43. The molecule has 8 atom stereocenters. The van der Waals surface area contributed by atoms with Crippen molar-refractivity contribution in [3.05, 3.63) is 0 Å². The third-order valence-electron chi connectivity index (χ3n) is 5.77. The normalized spacial score (nSPS) is 38.2. The topological polar surface area (TPSA) is 90.6 Å². The summed E-state index contributed by atoms with van der Waals surface area (Å²) < 4.78 is 21.3. The Hall–Kier alpha value is -0.240. The van der Waals surface area contributed by atoms with E-state index in [2.05, 4.69) is 0 Å². The van der Waals surface area contributed by atoms with Crippen LogP contribution >= 0.6 is 0 Å². The molecule has 0 saturated carbocycles. The molecule has 4 fully saturated rings. The van der Waals surface area contributed by atoms with Gasteiger partial charge in [-0.15, -0.1) is 0 Å². The van der Waals surface area contributed by atoms with E-state index in [0.29, 0.717) is 24.7 Å². The van der Waals surface area contributed by atoms with Crippen LogP contribution in [0.1, 0.15) is 38.5 Å². The van der Waals surface area contributed by atoms with Crippen LogP contribution in [-0.4, -0.2) is 73.3 Å². The van der Waals surface area contributed by atoms with Crippen molar-refractivity contribution in [2.75, 3.05) is 26.4 Å². The van der Waals surface area contributed by atoms with Crippen LogP contribution in [0.4, 0.5) is 0 Å². The summed E-state index contributed by atoms with van der Waals surface area (Å²) in [7, 11) is 0. The Morgan fingerprint density at radius 2 is 1.21 bits per heavy atom. The summed E-state index contributed by atoms with van der Waals surface area (Å²) in [6.45, 7) is 3.23. The monoisotopic (exact) mass is 342 g/mol. The van der Waals surface area contributed by atoms with Gasteiger partial charge >= 0.3 is 0 Å². The molecule has 4 heterocycles. The molecule has 0 aromatic rings. The van der Waals surface area contributed by atoms with Gasteiger partial charge in [-0.1, -0.05) is 0 Å². The van der Waals surface area contributed by atoms with Crippen molar-refractivity contribution in [1.29, 1.82) is 0 Å². The van der Waals surface area contributed by atoms with Gasteiger partial charge in [-0.2, -0.15) is 0 Å². The zero-order chi connectivity index (χ0) is 16.5. The Bertz CT molecular complexity index is 402. The lowest BCUT2D eigenvalue weighted by molar-refractivity contribution is -0.0356. The first kappa shape index (κ1) is 17.2. The van der Waals surface area contributed by atoms with E-state index < -0.39 is 12.2 Å². The maximum atomic E-state index is 11.1. The van der Waals surface area contributed by atoms with Crippen LogP contribution in [0.2, 0.25) is 0 Å². The van der Waals surface area contributed by atoms with Gasteiger partial charge in [-0.25, -0.2) is 0 Å². The molecule has 2 N–H and O–H groups in total. The van der Waals surface area contributed by atoms with Crippen LogP contribution in [-0.2, 0) is 18.9 Å². The highest BCUT2D eigenvalue weighted by molar-refractivity contribution is 4.90. The fourth-order valence-corrected chi connectivity index (χ4v) is 3.79. The molecular weight excluding hydrogens is 312 g/mol. The predicted molar refractivity (Wildman–Crippen MR) is 85.7 cm³/mol. The second kappa shape index (κ2) is 7.56. The lowest BCUT2D eigenvalue weighted by Crippen LogP contribution is -2.39. The van der Waals surface area contributed by atoms with E-state index >= 15 is 0 Å². The predicted octanol–water partition coefficient (Wildman–Crippen LogP) is 0.876. The molecule has 24 heavy (non-hydrogen) atoms. The molecule has 8 unspecified atom stereocenters. The standard InChI is InChI=1S/C18H30O6/c19-17(4-3-13-8-22-13)16(6-15-10-24-15)18(20)11(5-14-9-23-14)1-2-12-7-21-12/h11-20H,1-10H2. The first-order valence-corrected chi connectivity index (χ1v) is 9.51. The van der Waals surface area contributed by atoms with E-state index in [-0.39, 0.29) is 17.9 Å². The molecule has 0 aliphatic carbocycles. The quantitative estimate of drug-likeness (QED) is 0.483. The summed E-state index contributed by atoms with van der Waals surface area (Å²) >= 11 is 0. The Balaban J connectivity index is 1.34. The minimum absolute atomic E-state index is 0.125. The zero-order valence-corrected chi connectivity index (χ0v) is 14.2. The molecular formula is C18H30O6. The minimum Gasteiger partial charge on any atom is -0.393 e. The van der Waals surface area contributed by atoms with Crippen LogP contribution in [0.15, 0.2) is 0 Å². The first-order chi connectivity index (χ1) is 11.7. The van der Waals surface area contributed by atoms with Crippen LogP contribution in [0.25, 0.3) is 0 Å². The molecule has 0 aromatic carbocycles. The van der Waals surface area contributed by atoms with Crippen LogP contribution in [0.5, 0.6) is 0 Å². The van der Waals surface area contributed by atoms with Gasteiger partial charge in [0.2, 0.25) is 0 Å². The highest BCUT2D eigenvalue weighted by atomic mass is 16.6. The lowest BCUT2D eigenvalue weighted by atomic mass is 9.78. The van der Waals surface area contributed by atoms with Crippen molar-refractivity contribution in [1.82, 2.24) is 0 Å². The fraction of sp³-hybridized carbons (Fsp3) is 1.00. The summed E-state index contributed by atoms with van der Waals surface area (Å²) in [5, 5.41) is 21.8. The molecule has 6 heteroatoms. The van der Waals surface area contributed by atoms with Crippen molar-refractivity contribution < 1.29 is 29.2 Å². The van der Waals surface area contributed by atoms with E-state index in [1.165, 1.54) is 0 Å². The Morgan fingerprint density at radius 3 is 1.75 bits per heavy atom.